The molecule has 0 radical (unpaired) electrons. The summed E-state index contributed by atoms with van der Waals surface area (Å²) in [6.45, 7) is 6.81. The van der Waals surface area contributed by atoms with Crippen molar-refractivity contribution >= 4 is 28.7 Å². The van der Waals surface area contributed by atoms with Crippen LogP contribution >= 0.6 is 0 Å². The van der Waals surface area contributed by atoms with E-state index in [2.05, 4.69) is 25.4 Å². The average Bonchev–Trinajstić information content (AvgIpc) is 3.34. The highest BCUT2D eigenvalue weighted by Crippen LogP contribution is 2.38. The summed E-state index contributed by atoms with van der Waals surface area (Å²) in [4.78, 5) is 24.6. The molecule has 0 aliphatic rings. The van der Waals surface area contributed by atoms with E-state index in [1.807, 2.05) is 20.8 Å². The number of ether oxygens (including phenoxy) is 2. The SMILES string of the molecule is COc1c(Oc2ccnc(CC(C)=O)c2)cnc2nc(Nc3cc(C(C)(C)C)n(CC(F)F)n3)n(C)c12. The molecule has 0 spiro atoms. The number of halogens is 2. The topological polar surface area (TPSA) is 109 Å². The minimum Gasteiger partial charge on any atom is -0.491 e. The quantitative estimate of drug-likeness (QED) is 0.340. The van der Waals surface area contributed by atoms with Gasteiger partial charge in [-0.3, -0.25) is 14.5 Å². The van der Waals surface area contributed by atoms with Crippen LogP contribution in [0.1, 0.15) is 39.1 Å². The third-order valence-corrected chi connectivity index (χ3v) is 5.57. The Balaban J connectivity index is 1.68. The lowest BCUT2D eigenvalue weighted by Crippen LogP contribution is -2.20. The predicted molar refractivity (Wildman–Crippen MR) is 134 cm³/mol. The van der Waals surface area contributed by atoms with Gasteiger partial charge in [-0.15, -0.1) is 0 Å². The summed E-state index contributed by atoms with van der Waals surface area (Å²) in [6, 6.07) is 5.10. The van der Waals surface area contributed by atoms with Crippen molar-refractivity contribution in [2.24, 2.45) is 7.05 Å². The lowest BCUT2D eigenvalue weighted by molar-refractivity contribution is -0.116. The molecule has 4 heterocycles. The number of hydrogen-bond acceptors (Lipinski definition) is 8. The second-order valence-corrected chi connectivity index (χ2v) is 9.65. The molecule has 1 N–H and O–H groups in total. The zero-order valence-electron chi connectivity index (χ0n) is 21.5. The number of pyridine rings is 2. The summed E-state index contributed by atoms with van der Waals surface area (Å²) < 4.78 is 41.0. The van der Waals surface area contributed by atoms with Crippen LogP contribution in [0, 0.1) is 0 Å². The second kappa shape index (κ2) is 10.1. The summed E-state index contributed by atoms with van der Waals surface area (Å²) >= 11 is 0. The molecule has 0 fully saturated rings. The third-order valence-electron chi connectivity index (χ3n) is 5.57. The molecule has 37 heavy (non-hydrogen) atoms. The number of methoxy groups -OCH3 is 1. The van der Waals surface area contributed by atoms with Crippen LogP contribution in [0.3, 0.4) is 0 Å². The van der Waals surface area contributed by atoms with Crippen LogP contribution in [-0.4, -0.2) is 48.6 Å². The number of ketones is 1. The van der Waals surface area contributed by atoms with Crippen LogP contribution in [-0.2, 0) is 30.2 Å². The van der Waals surface area contributed by atoms with Gasteiger partial charge in [-0.05, 0) is 13.0 Å². The molecular formula is C25H29F2N7O3. The largest absolute Gasteiger partial charge is 0.491 e. The first-order valence-electron chi connectivity index (χ1n) is 11.6. The Hall–Kier alpha value is -4.09. The van der Waals surface area contributed by atoms with Gasteiger partial charge in [-0.25, -0.2) is 13.8 Å². The number of anilines is 2. The summed E-state index contributed by atoms with van der Waals surface area (Å²) in [5.74, 6) is 2.00. The minimum atomic E-state index is -2.53. The van der Waals surface area contributed by atoms with E-state index in [9.17, 15) is 13.6 Å². The molecule has 12 heteroatoms. The number of carbonyl (C=O) groups is 1. The van der Waals surface area contributed by atoms with Crippen molar-refractivity contribution in [2.45, 2.75) is 52.5 Å². The van der Waals surface area contributed by atoms with Gasteiger partial charge in [0.25, 0.3) is 6.43 Å². The highest BCUT2D eigenvalue weighted by Gasteiger charge is 2.24. The van der Waals surface area contributed by atoms with Gasteiger partial charge in [0.05, 0.1) is 19.0 Å². The van der Waals surface area contributed by atoms with Crippen molar-refractivity contribution in [3.8, 4) is 17.2 Å². The molecule has 4 aromatic heterocycles. The molecule has 0 saturated heterocycles. The van der Waals surface area contributed by atoms with Crippen molar-refractivity contribution in [1.29, 1.82) is 0 Å². The molecule has 4 rings (SSSR count). The molecule has 0 amide bonds. The summed E-state index contributed by atoms with van der Waals surface area (Å²) in [5.41, 5.74) is 1.82. The van der Waals surface area contributed by atoms with Gasteiger partial charge in [0, 0.05) is 42.9 Å². The fourth-order valence-corrected chi connectivity index (χ4v) is 3.97. The molecule has 0 atom stereocenters. The molecule has 0 bridgehead atoms. The molecule has 196 valence electrons. The standard InChI is InChI=1S/C25H29F2N7O3/c1-14(35)9-15-10-16(7-8-28-15)37-17-12-29-23-21(22(17)36-6)33(5)24(31-23)30-20-11-18(25(2,3)4)34(32-20)13-19(26)27/h7-8,10-12,19H,9,13H2,1-6H3,(H,29,30,31,32). The number of carbonyl (C=O) groups excluding carboxylic acids is 1. The summed E-state index contributed by atoms with van der Waals surface area (Å²) in [7, 11) is 3.28. The van der Waals surface area contributed by atoms with E-state index in [4.69, 9.17) is 9.47 Å². The first-order valence-corrected chi connectivity index (χ1v) is 11.6. The fourth-order valence-electron chi connectivity index (χ4n) is 3.97. The fraction of sp³-hybridized carbons (Fsp3) is 0.400. The lowest BCUT2D eigenvalue weighted by atomic mass is 9.92. The Morgan fingerprint density at radius 1 is 1.22 bits per heavy atom. The summed E-state index contributed by atoms with van der Waals surface area (Å²) in [6.07, 6.45) is 0.733. The second-order valence-electron chi connectivity index (χ2n) is 9.65. The van der Waals surface area contributed by atoms with Crippen LogP contribution in [0.15, 0.2) is 30.6 Å². The number of nitrogens with zero attached hydrogens (tertiary/aromatic N) is 6. The Morgan fingerprint density at radius 3 is 2.62 bits per heavy atom. The van der Waals surface area contributed by atoms with Crippen molar-refractivity contribution in [3.05, 3.63) is 42.0 Å². The van der Waals surface area contributed by atoms with E-state index in [1.54, 1.807) is 36.0 Å². The maximum absolute atomic E-state index is 13.1. The van der Waals surface area contributed by atoms with Gasteiger partial charge >= 0.3 is 0 Å². The first-order chi connectivity index (χ1) is 17.5. The van der Waals surface area contributed by atoms with Crippen molar-refractivity contribution in [1.82, 2.24) is 29.3 Å². The van der Waals surface area contributed by atoms with Crippen molar-refractivity contribution < 1.29 is 23.0 Å². The van der Waals surface area contributed by atoms with E-state index in [0.29, 0.717) is 51.6 Å². The van der Waals surface area contributed by atoms with Crippen LogP contribution < -0.4 is 14.8 Å². The Morgan fingerprint density at radius 2 is 1.97 bits per heavy atom. The molecule has 4 aromatic rings. The van der Waals surface area contributed by atoms with E-state index in [1.165, 1.54) is 24.9 Å². The van der Waals surface area contributed by atoms with E-state index in [0.717, 1.165) is 0 Å². The van der Waals surface area contributed by atoms with Gasteiger partial charge in [0.15, 0.2) is 23.0 Å². The van der Waals surface area contributed by atoms with Crippen LogP contribution in [0.25, 0.3) is 11.2 Å². The Bertz CT molecular complexity index is 1440. The number of aromatic nitrogens is 6. The van der Waals surface area contributed by atoms with Crippen LogP contribution in [0.4, 0.5) is 20.5 Å². The first kappa shape index (κ1) is 26.0. The number of fused-ring (bicyclic) bond motifs is 1. The predicted octanol–water partition coefficient (Wildman–Crippen LogP) is 4.80. The molecule has 0 aliphatic heterocycles. The number of rotatable bonds is 9. The number of Topliss-reactive ketones (excluding diaryl/α,β-unsaturated/α-hetero) is 1. The van der Waals surface area contributed by atoms with Gasteiger partial charge in [-0.1, -0.05) is 20.8 Å². The van der Waals surface area contributed by atoms with Crippen LogP contribution in [0.5, 0.6) is 17.2 Å². The lowest BCUT2D eigenvalue weighted by Gasteiger charge is -2.19. The van der Waals surface area contributed by atoms with Gasteiger partial charge in [0.1, 0.15) is 23.6 Å². The third kappa shape index (κ3) is 5.68. The van der Waals surface area contributed by atoms with Crippen molar-refractivity contribution in [3.63, 3.8) is 0 Å². The van der Waals surface area contributed by atoms with E-state index < -0.39 is 13.0 Å². The Kier molecular flexibility index (Phi) is 7.10. The molecule has 0 saturated carbocycles. The monoisotopic (exact) mass is 513 g/mol. The number of aryl methyl sites for hydroxylation is 1. The molecule has 10 nitrogen and oxygen atoms in total. The number of imidazole rings is 1. The molecule has 0 unspecified atom stereocenters. The highest BCUT2D eigenvalue weighted by atomic mass is 19.3. The number of hydrogen-bond donors (Lipinski definition) is 1. The normalized spacial score (nSPS) is 11.8. The van der Waals surface area contributed by atoms with Gasteiger partial charge < -0.3 is 19.4 Å². The van der Waals surface area contributed by atoms with E-state index >= 15 is 0 Å². The minimum absolute atomic E-state index is 0.00566. The molecule has 0 aromatic carbocycles. The molecule has 0 aliphatic carbocycles. The van der Waals surface area contributed by atoms with Gasteiger partial charge in [0.2, 0.25) is 5.95 Å². The summed E-state index contributed by atoms with van der Waals surface area (Å²) in [5, 5.41) is 7.45. The highest BCUT2D eigenvalue weighted by molar-refractivity contribution is 5.84. The zero-order chi connectivity index (χ0) is 26.9. The maximum atomic E-state index is 13.1. The molecular weight excluding hydrogens is 484 g/mol. The Labute approximate surface area is 212 Å². The number of alkyl halides is 2. The zero-order valence-corrected chi connectivity index (χ0v) is 21.5. The van der Waals surface area contributed by atoms with E-state index in [-0.39, 0.29) is 17.6 Å². The maximum Gasteiger partial charge on any atom is 0.257 e. The smallest absolute Gasteiger partial charge is 0.257 e. The number of nitrogens with one attached hydrogen (secondary N) is 1. The van der Waals surface area contributed by atoms with Crippen molar-refractivity contribution in [2.75, 3.05) is 12.4 Å². The van der Waals surface area contributed by atoms with Gasteiger partial charge in [-0.2, -0.15) is 10.1 Å². The van der Waals surface area contributed by atoms with Crippen LogP contribution in [0.2, 0.25) is 0 Å². The average molecular weight is 514 g/mol.